The minimum absolute atomic E-state index is 0.0224. The van der Waals surface area contributed by atoms with Crippen molar-refractivity contribution in [3.05, 3.63) is 35.4 Å². The highest BCUT2D eigenvalue weighted by Crippen LogP contribution is 2.22. The number of hydrogen-bond acceptors (Lipinski definition) is 4. The van der Waals surface area contributed by atoms with Gasteiger partial charge in [-0.1, -0.05) is 32.9 Å². The van der Waals surface area contributed by atoms with E-state index in [4.69, 9.17) is 4.74 Å². The molecule has 148 valence electrons. The fraction of sp³-hybridized carbons (Fsp3) is 0.571. The Morgan fingerprint density at radius 1 is 1.11 bits per heavy atom. The van der Waals surface area contributed by atoms with E-state index >= 15 is 0 Å². The maximum absolute atomic E-state index is 12.6. The summed E-state index contributed by atoms with van der Waals surface area (Å²) < 4.78 is 4.76. The largest absolute Gasteiger partial charge is 0.469 e. The predicted molar refractivity (Wildman–Crippen MR) is 103 cm³/mol. The van der Waals surface area contributed by atoms with Gasteiger partial charge in [-0.3, -0.25) is 14.4 Å². The van der Waals surface area contributed by atoms with Crippen molar-refractivity contribution in [2.45, 2.75) is 52.0 Å². The van der Waals surface area contributed by atoms with Crippen LogP contribution in [-0.2, 0) is 19.7 Å². The van der Waals surface area contributed by atoms with Crippen LogP contribution in [0.4, 0.5) is 0 Å². The molecule has 1 aromatic rings. The molecule has 1 aliphatic rings. The number of nitrogens with zero attached hydrogens (tertiary/aromatic N) is 1. The van der Waals surface area contributed by atoms with Gasteiger partial charge in [0.2, 0.25) is 5.91 Å². The molecule has 2 amide bonds. The van der Waals surface area contributed by atoms with Gasteiger partial charge in [-0.15, -0.1) is 0 Å². The first-order valence-electron chi connectivity index (χ1n) is 9.41. The molecule has 1 aromatic carbocycles. The van der Waals surface area contributed by atoms with E-state index in [1.54, 1.807) is 24.0 Å². The highest BCUT2D eigenvalue weighted by atomic mass is 16.5. The molecule has 6 heteroatoms. The van der Waals surface area contributed by atoms with Crippen LogP contribution >= 0.6 is 0 Å². The molecule has 0 aliphatic carbocycles. The maximum Gasteiger partial charge on any atom is 0.308 e. The molecule has 27 heavy (non-hydrogen) atoms. The molecule has 1 saturated heterocycles. The zero-order valence-electron chi connectivity index (χ0n) is 16.9. The Morgan fingerprint density at radius 3 is 2.15 bits per heavy atom. The molecule has 0 aromatic heterocycles. The molecule has 1 fully saturated rings. The van der Waals surface area contributed by atoms with Crippen molar-refractivity contribution in [1.82, 2.24) is 10.2 Å². The zero-order chi connectivity index (χ0) is 20.2. The number of esters is 1. The lowest BCUT2D eigenvalue weighted by atomic mass is 9.86. The number of ether oxygens (including phenoxy) is 1. The monoisotopic (exact) mass is 374 g/mol. The second kappa shape index (κ2) is 8.55. The highest BCUT2D eigenvalue weighted by molar-refractivity contribution is 5.97. The lowest BCUT2D eigenvalue weighted by Gasteiger charge is -2.32. The fourth-order valence-electron chi connectivity index (χ4n) is 3.24. The average Bonchev–Trinajstić information content (AvgIpc) is 2.66. The van der Waals surface area contributed by atoms with Crippen molar-refractivity contribution < 1.29 is 19.1 Å². The van der Waals surface area contributed by atoms with Crippen molar-refractivity contribution in [3.8, 4) is 0 Å². The van der Waals surface area contributed by atoms with Gasteiger partial charge in [-0.05, 0) is 42.9 Å². The number of carbonyl (C=O) groups excluding carboxylic acids is 3. The van der Waals surface area contributed by atoms with Gasteiger partial charge in [-0.2, -0.15) is 0 Å². The summed E-state index contributed by atoms with van der Waals surface area (Å²) in [4.78, 5) is 38.3. The van der Waals surface area contributed by atoms with Crippen LogP contribution in [0.25, 0.3) is 0 Å². The van der Waals surface area contributed by atoms with Crippen molar-refractivity contribution in [1.29, 1.82) is 0 Å². The SMILES string of the molecule is COC(=O)C1CCN(C(=O)C(C)NC(=O)c2ccc(C(C)(C)C)cc2)CC1. The number of carbonyl (C=O) groups is 3. The zero-order valence-corrected chi connectivity index (χ0v) is 16.9. The third-order valence-corrected chi connectivity index (χ3v) is 5.07. The third-order valence-electron chi connectivity index (χ3n) is 5.07. The molecule has 1 atom stereocenters. The van der Waals surface area contributed by atoms with E-state index in [9.17, 15) is 14.4 Å². The lowest BCUT2D eigenvalue weighted by molar-refractivity contribution is -0.149. The van der Waals surface area contributed by atoms with Crippen LogP contribution in [0.15, 0.2) is 24.3 Å². The van der Waals surface area contributed by atoms with Gasteiger partial charge >= 0.3 is 5.97 Å². The fourth-order valence-corrected chi connectivity index (χ4v) is 3.24. The van der Waals surface area contributed by atoms with Gasteiger partial charge in [0, 0.05) is 18.7 Å². The summed E-state index contributed by atoms with van der Waals surface area (Å²) in [7, 11) is 1.38. The van der Waals surface area contributed by atoms with Crippen molar-refractivity contribution in [2.24, 2.45) is 5.92 Å². The van der Waals surface area contributed by atoms with E-state index in [2.05, 4.69) is 26.1 Å². The highest BCUT2D eigenvalue weighted by Gasteiger charge is 2.30. The van der Waals surface area contributed by atoms with Crippen LogP contribution in [0.5, 0.6) is 0 Å². The number of benzene rings is 1. The Hall–Kier alpha value is -2.37. The van der Waals surface area contributed by atoms with Gasteiger partial charge in [-0.25, -0.2) is 0 Å². The minimum Gasteiger partial charge on any atom is -0.469 e. The second-order valence-corrected chi connectivity index (χ2v) is 8.15. The molecule has 6 nitrogen and oxygen atoms in total. The standard InChI is InChI=1S/C21H30N2O4/c1-14(19(25)23-12-10-16(11-13-23)20(26)27-5)22-18(24)15-6-8-17(9-7-15)21(2,3)4/h6-9,14,16H,10-13H2,1-5H3,(H,22,24). The number of amides is 2. The Kier molecular flexibility index (Phi) is 6.63. The molecule has 0 radical (unpaired) electrons. The summed E-state index contributed by atoms with van der Waals surface area (Å²) in [6, 6.07) is 6.84. The Morgan fingerprint density at radius 2 is 1.67 bits per heavy atom. The number of piperidine rings is 1. The number of rotatable bonds is 4. The van der Waals surface area contributed by atoms with E-state index in [1.807, 2.05) is 12.1 Å². The Labute approximate surface area is 161 Å². The third kappa shape index (κ3) is 5.31. The van der Waals surface area contributed by atoms with E-state index in [1.165, 1.54) is 7.11 Å². The molecule has 2 rings (SSSR count). The normalized spacial score (nSPS) is 16.6. The van der Waals surface area contributed by atoms with Gasteiger partial charge in [0.05, 0.1) is 13.0 Å². The van der Waals surface area contributed by atoms with Gasteiger partial charge in [0.1, 0.15) is 6.04 Å². The molecule has 1 N–H and O–H groups in total. The molecule has 0 saturated carbocycles. The first-order chi connectivity index (χ1) is 12.6. The summed E-state index contributed by atoms with van der Waals surface area (Å²) in [5, 5.41) is 2.77. The van der Waals surface area contributed by atoms with Gasteiger partial charge < -0.3 is 15.0 Å². The number of likely N-dealkylation sites (tertiary alicyclic amines) is 1. The minimum atomic E-state index is -0.616. The van der Waals surface area contributed by atoms with Crippen molar-refractivity contribution >= 4 is 17.8 Å². The smallest absolute Gasteiger partial charge is 0.308 e. The number of methoxy groups -OCH3 is 1. The number of nitrogens with one attached hydrogen (secondary N) is 1. The van der Waals surface area contributed by atoms with Crippen LogP contribution in [0.2, 0.25) is 0 Å². The van der Waals surface area contributed by atoms with E-state index in [0.717, 1.165) is 5.56 Å². The molecule has 1 aliphatic heterocycles. The van der Waals surface area contributed by atoms with E-state index in [-0.39, 0.29) is 29.1 Å². The van der Waals surface area contributed by atoms with Crippen LogP contribution in [0.3, 0.4) is 0 Å². The van der Waals surface area contributed by atoms with Gasteiger partial charge in [0.25, 0.3) is 5.91 Å². The molecule has 0 spiro atoms. The Balaban J connectivity index is 1.90. The maximum atomic E-state index is 12.6. The summed E-state index contributed by atoms with van der Waals surface area (Å²) in [5.41, 5.74) is 1.71. The summed E-state index contributed by atoms with van der Waals surface area (Å²) in [5.74, 6) is -0.758. The summed E-state index contributed by atoms with van der Waals surface area (Å²) >= 11 is 0. The molecule has 1 heterocycles. The van der Waals surface area contributed by atoms with E-state index < -0.39 is 6.04 Å². The molecular formula is C21H30N2O4. The Bertz CT molecular complexity index is 683. The quantitative estimate of drug-likeness (QED) is 0.822. The van der Waals surface area contributed by atoms with Crippen LogP contribution in [0.1, 0.15) is 56.5 Å². The topological polar surface area (TPSA) is 75.7 Å². The predicted octanol–water partition coefficient (Wildman–Crippen LogP) is 2.51. The van der Waals surface area contributed by atoms with E-state index in [0.29, 0.717) is 31.5 Å². The summed E-state index contributed by atoms with van der Waals surface area (Å²) in [6.45, 7) is 9.04. The lowest BCUT2D eigenvalue weighted by Crippen LogP contribution is -2.50. The van der Waals surface area contributed by atoms with Crippen LogP contribution < -0.4 is 5.32 Å². The first-order valence-corrected chi connectivity index (χ1v) is 9.41. The van der Waals surface area contributed by atoms with Crippen LogP contribution in [-0.4, -0.2) is 48.9 Å². The molecule has 1 unspecified atom stereocenters. The average molecular weight is 374 g/mol. The van der Waals surface area contributed by atoms with Crippen molar-refractivity contribution in [3.63, 3.8) is 0 Å². The van der Waals surface area contributed by atoms with Crippen molar-refractivity contribution in [2.75, 3.05) is 20.2 Å². The number of hydrogen-bond donors (Lipinski definition) is 1. The summed E-state index contributed by atoms with van der Waals surface area (Å²) in [6.07, 6.45) is 1.18. The molecular weight excluding hydrogens is 344 g/mol. The second-order valence-electron chi connectivity index (χ2n) is 8.15. The van der Waals surface area contributed by atoms with Gasteiger partial charge in [0.15, 0.2) is 0 Å². The molecule has 0 bridgehead atoms. The first kappa shape index (κ1) is 20.9. The van der Waals surface area contributed by atoms with Crippen LogP contribution in [0, 0.1) is 5.92 Å².